The minimum atomic E-state index is 0.118. The Morgan fingerprint density at radius 1 is 1.50 bits per heavy atom. The van der Waals surface area contributed by atoms with Crippen molar-refractivity contribution in [1.29, 1.82) is 0 Å². The van der Waals surface area contributed by atoms with E-state index >= 15 is 0 Å². The van der Waals surface area contributed by atoms with Crippen molar-refractivity contribution < 1.29 is 4.74 Å². The van der Waals surface area contributed by atoms with E-state index in [1.54, 1.807) is 0 Å². The Morgan fingerprint density at radius 3 is 2.79 bits per heavy atom. The van der Waals surface area contributed by atoms with E-state index < -0.39 is 0 Å². The van der Waals surface area contributed by atoms with Gasteiger partial charge in [0.15, 0.2) is 0 Å². The number of nitrogens with two attached hydrogens (primary N) is 1. The number of benzene rings is 1. The molecule has 1 aromatic carbocycles. The average Bonchev–Trinajstić information content (AvgIpc) is 2.10. The summed E-state index contributed by atoms with van der Waals surface area (Å²) in [6.45, 7) is 4.53. The van der Waals surface area contributed by atoms with Crippen LogP contribution >= 0.6 is 11.6 Å². The van der Waals surface area contributed by atoms with Crippen LogP contribution in [0, 0.1) is 0 Å². The fraction of sp³-hybridized carbons (Fsp3) is 0.455. The Hall–Kier alpha value is -0.730. The van der Waals surface area contributed by atoms with Crippen LogP contribution in [0.3, 0.4) is 0 Å². The summed E-state index contributed by atoms with van der Waals surface area (Å²) in [5, 5.41) is 0.657. The van der Waals surface area contributed by atoms with Gasteiger partial charge in [-0.1, -0.05) is 23.7 Å². The third-order valence-electron chi connectivity index (χ3n) is 1.88. The van der Waals surface area contributed by atoms with Crippen LogP contribution in [0.2, 0.25) is 5.02 Å². The number of ether oxygens (including phenoxy) is 1. The maximum atomic E-state index is 6.03. The molecule has 0 aliphatic rings. The first kappa shape index (κ1) is 11.3. The Bertz CT molecular complexity index is 299. The predicted octanol–water partition coefficient (Wildman–Crippen LogP) is 2.63. The number of para-hydroxylation sites is 1. The summed E-state index contributed by atoms with van der Waals surface area (Å²) in [5.41, 5.74) is 6.82. The van der Waals surface area contributed by atoms with Gasteiger partial charge in [0.25, 0.3) is 0 Å². The fourth-order valence-electron chi connectivity index (χ4n) is 1.37. The smallest absolute Gasteiger partial charge is 0.141 e. The molecule has 0 heterocycles. The van der Waals surface area contributed by atoms with Gasteiger partial charge in [0, 0.05) is 6.04 Å². The first-order valence-corrected chi connectivity index (χ1v) is 5.18. The molecule has 78 valence electrons. The first-order chi connectivity index (χ1) is 6.65. The van der Waals surface area contributed by atoms with Crippen LogP contribution in [0.25, 0.3) is 0 Å². The zero-order valence-electron chi connectivity index (χ0n) is 8.59. The minimum Gasteiger partial charge on any atom is -0.492 e. The van der Waals surface area contributed by atoms with Gasteiger partial charge in [-0.2, -0.15) is 0 Å². The largest absolute Gasteiger partial charge is 0.492 e. The van der Waals surface area contributed by atoms with Gasteiger partial charge < -0.3 is 10.5 Å². The lowest BCUT2D eigenvalue weighted by Gasteiger charge is -2.13. The van der Waals surface area contributed by atoms with E-state index in [9.17, 15) is 0 Å². The third-order valence-corrected chi connectivity index (χ3v) is 2.18. The van der Waals surface area contributed by atoms with E-state index in [4.69, 9.17) is 22.1 Å². The van der Waals surface area contributed by atoms with Crippen LogP contribution in [0.15, 0.2) is 18.2 Å². The van der Waals surface area contributed by atoms with E-state index in [0.29, 0.717) is 11.6 Å². The highest BCUT2D eigenvalue weighted by Crippen LogP contribution is 2.29. The third kappa shape index (κ3) is 2.89. The van der Waals surface area contributed by atoms with Crippen LogP contribution in [-0.4, -0.2) is 12.6 Å². The molecule has 0 aliphatic carbocycles. The second-order valence-corrected chi connectivity index (χ2v) is 3.75. The van der Waals surface area contributed by atoms with Crippen molar-refractivity contribution in [2.24, 2.45) is 5.73 Å². The van der Waals surface area contributed by atoms with Gasteiger partial charge >= 0.3 is 0 Å². The molecule has 0 radical (unpaired) electrons. The zero-order valence-corrected chi connectivity index (χ0v) is 9.34. The standard InChI is InChI=1S/C11H16ClNO/c1-3-14-11-9(7-8(2)13)5-4-6-10(11)12/h4-6,8H,3,7,13H2,1-2H3. The Balaban J connectivity index is 2.95. The lowest BCUT2D eigenvalue weighted by atomic mass is 10.1. The van der Waals surface area contributed by atoms with Crippen LogP contribution < -0.4 is 10.5 Å². The molecular weight excluding hydrogens is 198 g/mol. The molecule has 2 N–H and O–H groups in total. The van der Waals surface area contributed by atoms with Gasteiger partial charge in [-0.25, -0.2) is 0 Å². The van der Waals surface area contributed by atoms with Crippen LogP contribution in [0.1, 0.15) is 19.4 Å². The van der Waals surface area contributed by atoms with Crippen molar-refractivity contribution in [2.45, 2.75) is 26.3 Å². The molecule has 0 fully saturated rings. The van der Waals surface area contributed by atoms with Gasteiger partial charge in [-0.3, -0.25) is 0 Å². The SMILES string of the molecule is CCOc1c(Cl)cccc1CC(C)N. The molecule has 0 aromatic heterocycles. The normalized spacial score (nSPS) is 12.6. The van der Waals surface area contributed by atoms with E-state index in [1.165, 1.54) is 0 Å². The minimum absolute atomic E-state index is 0.118. The zero-order chi connectivity index (χ0) is 10.6. The highest BCUT2D eigenvalue weighted by molar-refractivity contribution is 6.32. The lowest BCUT2D eigenvalue weighted by Crippen LogP contribution is -2.18. The van der Waals surface area contributed by atoms with Gasteiger partial charge in [0.05, 0.1) is 11.6 Å². The number of rotatable bonds is 4. The predicted molar refractivity (Wildman–Crippen MR) is 60.0 cm³/mol. The van der Waals surface area contributed by atoms with Crippen molar-refractivity contribution in [1.82, 2.24) is 0 Å². The van der Waals surface area contributed by atoms with Gasteiger partial charge in [0.2, 0.25) is 0 Å². The molecule has 0 saturated carbocycles. The summed E-state index contributed by atoms with van der Waals surface area (Å²) in [5.74, 6) is 0.772. The Morgan fingerprint density at radius 2 is 2.21 bits per heavy atom. The van der Waals surface area contributed by atoms with E-state index in [1.807, 2.05) is 32.0 Å². The lowest BCUT2D eigenvalue weighted by molar-refractivity contribution is 0.336. The summed E-state index contributed by atoms with van der Waals surface area (Å²) >= 11 is 6.03. The molecular formula is C11H16ClNO. The summed E-state index contributed by atoms with van der Waals surface area (Å²) in [7, 11) is 0. The van der Waals surface area contributed by atoms with Gasteiger partial charge in [-0.05, 0) is 31.9 Å². The molecule has 14 heavy (non-hydrogen) atoms. The Kier molecular flexibility index (Phi) is 4.23. The summed E-state index contributed by atoms with van der Waals surface area (Å²) in [4.78, 5) is 0. The molecule has 2 nitrogen and oxygen atoms in total. The molecule has 3 heteroatoms. The Labute approximate surface area is 90.0 Å². The summed E-state index contributed by atoms with van der Waals surface area (Å²) in [6.07, 6.45) is 0.788. The van der Waals surface area contributed by atoms with Crippen molar-refractivity contribution >= 4 is 11.6 Å². The number of halogens is 1. The van der Waals surface area contributed by atoms with E-state index in [-0.39, 0.29) is 6.04 Å². The topological polar surface area (TPSA) is 35.2 Å². The van der Waals surface area contributed by atoms with Crippen LogP contribution in [0.5, 0.6) is 5.75 Å². The van der Waals surface area contributed by atoms with Gasteiger partial charge in [0.1, 0.15) is 5.75 Å². The molecule has 1 unspecified atom stereocenters. The van der Waals surface area contributed by atoms with Crippen molar-refractivity contribution in [3.05, 3.63) is 28.8 Å². The second kappa shape index (κ2) is 5.23. The molecule has 0 bridgehead atoms. The highest BCUT2D eigenvalue weighted by Gasteiger charge is 2.09. The molecule has 1 atom stereocenters. The quantitative estimate of drug-likeness (QED) is 0.835. The molecule has 0 aliphatic heterocycles. The maximum Gasteiger partial charge on any atom is 0.141 e. The van der Waals surface area contributed by atoms with E-state index in [0.717, 1.165) is 17.7 Å². The highest BCUT2D eigenvalue weighted by atomic mass is 35.5. The first-order valence-electron chi connectivity index (χ1n) is 4.81. The average molecular weight is 214 g/mol. The second-order valence-electron chi connectivity index (χ2n) is 3.34. The molecule has 0 saturated heterocycles. The summed E-state index contributed by atoms with van der Waals surface area (Å²) < 4.78 is 5.48. The number of hydrogen-bond acceptors (Lipinski definition) is 2. The molecule has 1 rings (SSSR count). The molecule has 0 amide bonds. The van der Waals surface area contributed by atoms with Crippen molar-refractivity contribution in [3.8, 4) is 5.75 Å². The summed E-state index contributed by atoms with van der Waals surface area (Å²) in [6, 6.07) is 5.87. The fourth-order valence-corrected chi connectivity index (χ4v) is 1.62. The molecule has 0 spiro atoms. The van der Waals surface area contributed by atoms with Crippen molar-refractivity contribution in [3.63, 3.8) is 0 Å². The van der Waals surface area contributed by atoms with Crippen LogP contribution in [0.4, 0.5) is 0 Å². The number of hydrogen-bond donors (Lipinski definition) is 1. The van der Waals surface area contributed by atoms with E-state index in [2.05, 4.69) is 0 Å². The molecule has 1 aromatic rings. The maximum absolute atomic E-state index is 6.03. The van der Waals surface area contributed by atoms with Gasteiger partial charge in [-0.15, -0.1) is 0 Å². The van der Waals surface area contributed by atoms with Crippen LogP contribution in [-0.2, 0) is 6.42 Å². The monoisotopic (exact) mass is 213 g/mol. The van der Waals surface area contributed by atoms with Crippen molar-refractivity contribution in [2.75, 3.05) is 6.61 Å².